The quantitative estimate of drug-likeness (QED) is 0.896. The monoisotopic (exact) mass is 274 g/mol. The van der Waals surface area contributed by atoms with Gasteiger partial charge in [-0.3, -0.25) is 0 Å². The summed E-state index contributed by atoms with van der Waals surface area (Å²) in [5, 5.41) is 10.5. The van der Waals surface area contributed by atoms with Gasteiger partial charge in [0.15, 0.2) is 0 Å². The first-order chi connectivity index (χ1) is 6.66. The second-order valence-corrected chi connectivity index (χ2v) is 5.14. The summed E-state index contributed by atoms with van der Waals surface area (Å²) in [4.78, 5) is 0. The standard InChI is InChI=1S/C11H12BrClO/c12-10-6-9(13)4-3-8(10)5-11(14)7-1-2-7/h3-4,6-7,11,14H,1-2,5H2. The Morgan fingerprint density at radius 3 is 2.79 bits per heavy atom. The summed E-state index contributed by atoms with van der Waals surface area (Å²) in [6.45, 7) is 0. The lowest BCUT2D eigenvalue weighted by molar-refractivity contribution is 0.151. The number of hydrogen-bond donors (Lipinski definition) is 1. The van der Waals surface area contributed by atoms with E-state index in [1.165, 1.54) is 12.8 Å². The molecule has 1 atom stereocenters. The maximum absolute atomic E-state index is 9.78. The Bertz CT molecular complexity index is 336. The van der Waals surface area contributed by atoms with Crippen LogP contribution in [0.15, 0.2) is 22.7 Å². The average Bonchev–Trinajstić information content (AvgIpc) is 2.92. The van der Waals surface area contributed by atoms with Crippen molar-refractivity contribution in [1.29, 1.82) is 0 Å². The topological polar surface area (TPSA) is 20.2 Å². The average molecular weight is 276 g/mol. The van der Waals surface area contributed by atoms with E-state index in [1.807, 2.05) is 18.2 Å². The Morgan fingerprint density at radius 1 is 1.50 bits per heavy atom. The molecule has 0 heterocycles. The third kappa shape index (κ3) is 2.50. The van der Waals surface area contributed by atoms with Crippen LogP contribution in [-0.4, -0.2) is 11.2 Å². The van der Waals surface area contributed by atoms with Crippen LogP contribution in [0.25, 0.3) is 0 Å². The van der Waals surface area contributed by atoms with E-state index in [0.29, 0.717) is 5.92 Å². The van der Waals surface area contributed by atoms with Gasteiger partial charge < -0.3 is 5.11 Å². The summed E-state index contributed by atoms with van der Waals surface area (Å²) in [6.07, 6.45) is 2.88. The van der Waals surface area contributed by atoms with Gasteiger partial charge >= 0.3 is 0 Å². The van der Waals surface area contributed by atoms with E-state index in [9.17, 15) is 5.11 Å². The number of benzene rings is 1. The number of aliphatic hydroxyl groups is 1. The fourth-order valence-electron chi connectivity index (χ4n) is 1.56. The Kier molecular flexibility index (Phi) is 3.15. The van der Waals surface area contributed by atoms with Crippen molar-refractivity contribution < 1.29 is 5.11 Å². The van der Waals surface area contributed by atoms with Gasteiger partial charge in [-0.25, -0.2) is 0 Å². The minimum Gasteiger partial charge on any atom is -0.392 e. The van der Waals surface area contributed by atoms with Crippen LogP contribution >= 0.6 is 27.5 Å². The lowest BCUT2D eigenvalue weighted by Crippen LogP contribution is -2.12. The molecule has 14 heavy (non-hydrogen) atoms. The van der Waals surface area contributed by atoms with E-state index >= 15 is 0 Å². The molecule has 1 unspecified atom stereocenters. The van der Waals surface area contributed by atoms with Crippen molar-refractivity contribution in [2.24, 2.45) is 5.92 Å². The SMILES string of the molecule is OC(Cc1ccc(Cl)cc1Br)C1CC1. The molecule has 0 radical (unpaired) electrons. The molecule has 3 heteroatoms. The van der Waals surface area contributed by atoms with Gasteiger partial charge in [0.25, 0.3) is 0 Å². The van der Waals surface area contributed by atoms with Crippen LogP contribution in [0.2, 0.25) is 5.02 Å². The van der Waals surface area contributed by atoms with Gasteiger partial charge in [0.2, 0.25) is 0 Å². The van der Waals surface area contributed by atoms with Crippen molar-refractivity contribution in [1.82, 2.24) is 0 Å². The van der Waals surface area contributed by atoms with Crippen molar-refractivity contribution >= 4 is 27.5 Å². The summed E-state index contributed by atoms with van der Waals surface area (Å²) in [5.41, 5.74) is 1.13. The summed E-state index contributed by atoms with van der Waals surface area (Å²) < 4.78 is 0.990. The molecule has 1 aliphatic rings. The highest BCUT2D eigenvalue weighted by atomic mass is 79.9. The predicted molar refractivity (Wildman–Crippen MR) is 61.6 cm³/mol. The van der Waals surface area contributed by atoms with Gasteiger partial charge in [-0.05, 0) is 42.9 Å². The molecule has 0 amide bonds. The molecular formula is C11H12BrClO. The fraction of sp³-hybridized carbons (Fsp3) is 0.455. The van der Waals surface area contributed by atoms with Gasteiger partial charge in [0.05, 0.1) is 6.10 Å². The fourth-order valence-corrected chi connectivity index (χ4v) is 2.40. The molecule has 76 valence electrons. The van der Waals surface area contributed by atoms with Crippen LogP contribution in [0.3, 0.4) is 0 Å². The minimum absolute atomic E-state index is 0.188. The van der Waals surface area contributed by atoms with E-state index in [4.69, 9.17) is 11.6 Å². The van der Waals surface area contributed by atoms with E-state index in [0.717, 1.165) is 21.5 Å². The maximum atomic E-state index is 9.78. The van der Waals surface area contributed by atoms with Crippen molar-refractivity contribution in [3.8, 4) is 0 Å². The van der Waals surface area contributed by atoms with E-state index < -0.39 is 0 Å². The first-order valence-corrected chi connectivity index (χ1v) is 5.96. The van der Waals surface area contributed by atoms with Gasteiger partial charge in [0, 0.05) is 9.50 Å². The van der Waals surface area contributed by atoms with Crippen molar-refractivity contribution in [3.05, 3.63) is 33.3 Å². The van der Waals surface area contributed by atoms with Crippen LogP contribution in [-0.2, 0) is 6.42 Å². The van der Waals surface area contributed by atoms with Crippen molar-refractivity contribution in [3.63, 3.8) is 0 Å². The zero-order valence-electron chi connectivity index (χ0n) is 7.71. The van der Waals surface area contributed by atoms with Gasteiger partial charge in [0.1, 0.15) is 0 Å². The van der Waals surface area contributed by atoms with Crippen LogP contribution in [0, 0.1) is 5.92 Å². The number of hydrogen-bond acceptors (Lipinski definition) is 1. The third-order valence-electron chi connectivity index (χ3n) is 2.61. The van der Waals surface area contributed by atoms with Crippen LogP contribution < -0.4 is 0 Å². The molecule has 2 rings (SSSR count). The van der Waals surface area contributed by atoms with Crippen molar-refractivity contribution in [2.75, 3.05) is 0 Å². The summed E-state index contributed by atoms with van der Waals surface area (Å²) >= 11 is 9.29. The van der Waals surface area contributed by atoms with E-state index in [1.54, 1.807) is 0 Å². The molecular weight excluding hydrogens is 263 g/mol. The Balaban J connectivity index is 2.07. The number of aliphatic hydroxyl groups excluding tert-OH is 1. The largest absolute Gasteiger partial charge is 0.392 e. The molecule has 1 nitrogen and oxygen atoms in total. The molecule has 0 bridgehead atoms. The van der Waals surface area contributed by atoms with E-state index in [2.05, 4.69) is 15.9 Å². The molecule has 0 aliphatic heterocycles. The molecule has 1 saturated carbocycles. The Hall–Kier alpha value is -0.0500. The van der Waals surface area contributed by atoms with Crippen molar-refractivity contribution in [2.45, 2.75) is 25.4 Å². The van der Waals surface area contributed by atoms with Gasteiger partial charge in [-0.15, -0.1) is 0 Å². The highest BCUT2D eigenvalue weighted by Gasteiger charge is 2.29. The third-order valence-corrected chi connectivity index (χ3v) is 3.58. The second-order valence-electron chi connectivity index (χ2n) is 3.84. The minimum atomic E-state index is -0.188. The lowest BCUT2D eigenvalue weighted by Gasteiger charge is -2.10. The summed E-state index contributed by atoms with van der Waals surface area (Å²) in [6, 6.07) is 5.70. The number of halogens is 2. The molecule has 1 aromatic rings. The zero-order valence-corrected chi connectivity index (χ0v) is 10.1. The highest BCUT2D eigenvalue weighted by Crippen LogP contribution is 2.35. The molecule has 1 N–H and O–H groups in total. The van der Waals surface area contributed by atoms with E-state index in [-0.39, 0.29) is 6.10 Å². The van der Waals surface area contributed by atoms with Gasteiger partial charge in [-0.2, -0.15) is 0 Å². The van der Waals surface area contributed by atoms with Crippen LogP contribution in [0.1, 0.15) is 18.4 Å². The predicted octanol–water partition coefficient (Wildman–Crippen LogP) is 3.42. The van der Waals surface area contributed by atoms with Crippen LogP contribution in [0.5, 0.6) is 0 Å². The molecule has 0 spiro atoms. The van der Waals surface area contributed by atoms with Gasteiger partial charge in [-0.1, -0.05) is 33.6 Å². The highest BCUT2D eigenvalue weighted by molar-refractivity contribution is 9.10. The first kappa shape index (κ1) is 10.5. The summed E-state index contributed by atoms with van der Waals surface area (Å²) in [5.74, 6) is 0.526. The molecule has 1 aromatic carbocycles. The Labute approximate surface area is 97.2 Å². The normalized spacial score (nSPS) is 18.2. The summed E-state index contributed by atoms with van der Waals surface area (Å²) in [7, 11) is 0. The molecule has 1 aliphatic carbocycles. The number of rotatable bonds is 3. The lowest BCUT2D eigenvalue weighted by atomic mass is 10.1. The van der Waals surface area contributed by atoms with Crippen LogP contribution in [0.4, 0.5) is 0 Å². The maximum Gasteiger partial charge on any atom is 0.0609 e. The smallest absolute Gasteiger partial charge is 0.0609 e. The zero-order chi connectivity index (χ0) is 10.1. The Morgan fingerprint density at radius 2 is 2.21 bits per heavy atom. The molecule has 1 fully saturated rings. The first-order valence-electron chi connectivity index (χ1n) is 4.79. The second kappa shape index (κ2) is 4.21. The molecule has 0 aromatic heterocycles. The molecule has 0 saturated heterocycles.